The van der Waals surface area contributed by atoms with Crippen molar-refractivity contribution >= 4 is 5.91 Å². The lowest BCUT2D eigenvalue weighted by Gasteiger charge is -2.14. The van der Waals surface area contributed by atoms with E-state index in [1.807, 2.05) is 13.8 Å². The number of carbonyl (C=O) groups excluding carboxylic acids is 1. The highest BCUT2D eigenvalue weighted by atomic mass is 19.4. The molecule has 0 aliphatic carbocycles. The maximum Gasteiger partial charge on any atom is 0.433 e. The van der Waals surface area contributed by atoms with Gasteiger partial charge in [-0.3, -0.25) is 14.5 Å². The SMILES string of the molecule is CC(C)c1cc(F)cc(C(=O)N[C@@H]2CCn3nc(-c4ccnc(C(F)(F)F)c4)cc32)c1. The summed E-state index contributed by atoms with van der Waals surface area (Å²) in [5, 5.41) is 7.26. The molecule has 0 saturated heterocycles. The van der Waals surface area contributed by atoms with Gasteiger partial charge in [0.15, 0.2) is 0 Å². The number of hydrogen-bond acceptors (Lipinski definition) is 3. The van der Waals surface area contributed by atoms with Crippen molar-refractivity contribution in [3.63, 3.8) is 0 Å². The number of carbonyl (C=O) groups is 1. The van der Waals surface area contributed by atoms with E-state index in [2.05, 4.69) is 15.4 Å². The molecule has 1 atom stereocenters. The van der Waals surface area contributed by atoms with Crippen LogP contribution in [0.3, 0.4) is 0 Å². The van der Waals surface area contributed by atoms with Crippen LogP contribution in [0, 0.1) is 5.82 Å². The lowest BCUT2D eigenvalue weighted by atomic mass is 10.00. The first kappa shape index (κ1) is 21.0. The lowest BCUT2D eigenvalue weighted by Crippen LogP contribution is -2.27. The van der Waals surface area contributed by atoms with Gasteiger partial charge in [-0.15, -0.1) is 0 Å². The molecular formula is C22H20F4N4O. The number of pyridine rings is 1. The number of aromatic nitrogens is 3. The van der Waals surface area contributed by atoms with Crippen molar-refractivity contribution in [1.82, 2.24) is 20.1 Å². The van der Waals surface area contributed by atoms with Gasteiger partial charge in [-0.1, -0.05) is 13.8 Å². The standard InChI is InChI=1S/C22H20F4N4O/c1-12(2)14-7-15(9-16(23)8-14)21(31)28-17-4-6-30-19(17)11-18(29-30)13-3-5-27-20(10-13)22(24,25)26/h3,5,7-12,17H,4,6H2,1-2H3,(H,28,31)/t17-/m1/s1. The van der Waals surface area contributed by atoms with Crippen molar-refractivity contribution in [2.75, 3.05) is 0 Å². The van der Waals surface area contributed by atoms with Gasteiger partial charge in [0.05, 0.1) is 17.4 Å². The van der Waals surface area contributed by atoms with Crippen molar-refractivity contribution in [2.24, 2.45) is 0 Å². The van der Waals surface area contributed by atoms with Gasteiger partial charge in [-0.05, 0) is 54.3 Å². The van der Waals surface area contributed by atoms with Gasteiger partial charge in [-0.2, -0.15) is 18.3 Å². The summed E-state index contributed by atoms with van der Waals surface area (Å²) in [6.45, 7) is 4.34. The molecule has 9 heteroatoms. The van der Waals surface area contributed by atoms with Gasteiger partial charge < -0.3 is 5.32 Å². The molecule has 0 unspecified atom stereocenters. The van der Waals surface area contributed by atoms with E-state index in [-0.39, 0.29) is 17.5 Å². The van der Waals surface area contributed by atoms with Crippen molar-refractivity contribution in [3.05, 3.63) is 70.9 Å². The molecule has 0 radical (unpaired) electrons. The van der Waals surface area contributed by atoms with E-state index >= 15 is 0 Å². The Balaban J connectivity index is 1.57. The van der Waals surface area contributed by atoms with Crippen LogP contribution in [-0.2, 0) is 12.7 Å². The number of benzene rings is 1. The van der Waals surface area contributed by atoms with Crippen LogP contribution in [0.4, 0.5) is 17.6 Å². The average Bonchev–Trinajstić information content (AvgIpc) is 3.29. The fourth-order valence-electron chi connectivity index (χ4n) is 3.64. The number of nitrogens with one attached hydrogen (secondary N) is 1. The first-order valence-electron chi connectivity index (χ1n) is 9.84. The number of alkyl halides is 3. The maximum absolute atomic E-state index is 13.9. The van der Waals surface area contributed by atoms with Crippen molar-refractivity contribution in [2.45, 2.75) is 44.9 Å². The van der Waals surface area contributed by atoms with Gasteiger partial charge in [0.2, 0.25) is 0 Å². The maximum atomic E-state index is 13.9. The van der Waals surface area contributed by atoms with Crippen molar-refractivity contribution in [3.8, 4) is 11.3 Å². The molecule has 1 aliphatic rings. The van der Waals surface area contributed by atoms with Crippen LogP contribution in [0.2, 0.25) is 0 Å². The van der Waals surface area contributed by atoms with Crippen molar-refractivity contribution < 1.29 is 22.4 Å². The first-order chi connectivity index (χ1) is 14.6. The summed E-state index contributed by atoms with van der Waals surface area (Å²) in [6, 6.07) is 7.96. The molecule has 0 bridgehead atoms. The molecule has 31 heavy (non-hydrogen) atoms. The molecular weight excluding hydrogens is 412 g/mol. The summed E-state index contributed by atoms with van der Waals surface area (Å²) in [4.78, 5) is 16.1. The summed E-state index contributed by atoms with van der Waals surface area (Å²) in [5.74, 6) is -0.821. The minimum atomic E-state index is -4.55. The molecule has 1 N–H and O–H groups in total. The van der Waals surface area contributed by atoms with Gasteiger partial charge in [0, 0.05) is 23.9 Å². The Bertz CT molecular complexity index is 1140. The molecule has 0 saturated carbocycles. The van der Waals surface area contributed by atoms with Crippen LogP contribution >= 0.6 is 0 Å². The second kappa shape index (κ2) is 7.79. The number of fused-ring (bicyclic) bond motifs is 1. The molecule has 0 spiro atoms. The Morgan fingerprint density at radius 3 is 2.68 bits per heavy atom. The van der Waals surface area contributed by atoms with Crippen LogP contribution < -0.4 is 5.32 Å². The van der Waals surface area contributed by atoms with Crippen LogP contribution in [0.1, 0.15) is 59.5 Å². The Morgan fingerprint density at radius 2 is 1.97 bits per heavy atom. The molecule has 5 nitrogen and oxygen atoms in total. The third-order valence-corrected chi connectivity index (χ3v) is 5.30. The monoisotopic (exact) mass is 432 g/mol. The van der Waals surface area contributed by atoms with Crippen molar-refractivity contribution in [1.29, 1.82) is 0 Å². The highest BCUT2D eigenvalue weighted by Crippen LogP contribution is 2.33. The highest BCUT2D eigenvalue weighted by molar-refractivity contribution is 5.94. The Morgan fingerprint density at radius 1 is 1.19 bits per heavy atom. The first-order valence-corrected chi connectivity index (χ1v) is 9.84. The fourth-order valence-corrected chi connectivity index (χ4v) is 3.64. The number of aryl methyl sites for hydroxylation is 1. The Labute approximate surface area is 176 Å². The van der Waals surface area contributed by atoms with E-state index in [1.165, 1.54) is 18.2 Å². The Kier molecular flexibility index (Phi) is 5.28. The largest absolute Gasteiger partial charge is 0.433 e. The number of halogens is 4. The molecule has 162 valence electrons. The molecule has 1 aliphatic heterocycles. The van der Waals surface area contributed by atoms with Gasteiger partial charge >= 0.3 is 6.18 Å². The van der Waals surface area contributed by atoms with E-state index in [0.29, 0.717) is 29.9 Å². The van der Waals surface area contributed by atoms with Gasteiger partial charge in [0.1, 0.15) is 11.5 Å². The van der Waals surface area contributed by atoms with Crippen LogP contribution in [0.5, 0.6) is 0 Å². The summed E-state index contributed by atoms with van der Waals surface area (Å²) in [6.07, 6.45) is -2.86. The summed E-state index contributed by atoms with van der Waals surface area (Å²) in [5.41, 5.74) is 1.31. The Hall–Kier alpha value is -3.23. The molecule has 3 aromatic rings. The summed E-state index contributed by atoms with van der Waals surface area (Å²) < 4.78 is 54.5. The molecule has 2 aromatic heterocycles. The number of nitrogens with zero attached hydrogens (tertiary/aromatic N) is 3. The third kappa shape index (κ3) is 4.30. The predicted molar refractivity (Wildman–Crippen MR) is 106 cm³/mol. The van der Waals surface area contributed by atoms with Gasteiger partial charge in [-0.25, -0.2) is 4.39 Å². The van der Waals surface area contributed by atoms with Crippen LogP contribution in [-0.4, -0.2) is 20.7 Å². The number of amides is 1. The summed E-state index contributed by atoms with van der Waals surface area (Å²) in [7, 11) is 0. The minimum absolute atomic E-state index is 0.0691. The smallest absolute Gasteiger partial charge is 0.344 e. The van der Waals surface area contributed by atoms with Crippen LogP contribution in [0.25, 0.3) is 11.3 Å². The molecule has 1 amide bonds. The second-order valence-corrected chi connectivity index (χ2v) is 7.85. The van der Waals surface area contributed by atoms with E-state index in [0.717, 1.165) is 17.8 Å². The topological polar surface area (TPSA) is 59.8 Å². The average molecular weight is 432 g/mol. The second-order valence-electron chi connectivity index (χ2n) is 7.85. The third-order valence-electron chi connectivity index (χ3n) is 5.30. The predicted octanol–water partition coefficient (Wildman–Crippen LogP) is 5.10. The minimum Gasteiger partial charge on any atom is -0.344 e. The van der Waals surface area contributed by atoms with E-state index < -0.39 is 23.6 Å². The zero-order valence-electron chi connectivity index (χ0n) is 16.9. The number of rotatable bonds is 4. The highest BCUT2D eigenvalue weighted by Gasteiger charge is 2.33. The zero-order valence-corrected chi connectivity index (χ0v) is 16.9. The molecule has 0 fully saturated rings. The van der Waals surface area contributed by atoms with Gasteiger partial charge in [0.25, 0.3) is 5.91 Å². The normalized spacial score (nSPS) is 15.9. The molecule has 1 aromatic carbocycles. The van der Waals surface area contributed by atoms with E-state index in [1.54, 1.807) is 16.8 Å². The molecule has 4 rings (SSSR count). The van der Waals surface area contributed by atoms with E-state index in [4.69, 9.17) is 0 Å². The number of hydrogen-bond donors (Lipinski definition) is 1. The molecule has 3 heterocycles. The summed E-state index contributed by atoms with van der Waals surface area (Å²) >= 11 is 0. The fraction of sp³-hybridized carbons (Fsp3) is 0.318. The quantitative estimate of drug-likeness (QED) is 0.584. The zero-order chi connectivity index (χ0) is 22.3. The van der Waals surface area contributed by atoms with E-state index in [9.17, 15) is 22.4 Å². The lowest BCUT2D eigenvalue weighted by molar-refractivity contribution is -0.141. The van der Waals surface area contributed by atoms with Crippen LogP contribution in [0.15, 0.2) is 42.6 Å².